The van der Waals surface area contributed by atoms with Crippen LogP contribution in [0.15, 0.2) is 36.5 Å². The Hall–Kier alpha value is -3.31. The van der Waals surface area contributed by atoms with Gasteiger partial charge in [0.2, 0.25) is 5.78 Å². The van der Waals surface area contributed by atoms with E-state index >= 15 is 0 Å². The maximum atomic E-state index is 13.8. The van der Waals surface area contributed by atoms with Crippen molar-refractivity contribution in [3.63, 3.8) is 0 Å². The number of hydrogen-bond acceptors (Lipinski definition) is 7. The summed E-state index contributed by atoms with van der Waals surface area (Å²) >= 11 is 1.05. The smallest absolute Gasteiger partial charge is 0.306 e. The highest BCUT2D eigenvalue weighted by Crippen LogP contribution is 2.46. The number of amides is 2. The van der Waals surface area contributed by atoms with Crippen molar-refractivity contribution in [2.75, 3.05) is 10.1 Å². The molecule has 2 aromatic heterocycles. The molecule has 3 aromatic rings. The summed E-state index contributed by atoms with van der Waals surface area (Å²) in [5.74, 6) is -1.65. The summed E-state index contributed by atoms with van der Waals surface area (Å²) in [4.78, 5) is 48.2. The van der Waals surface area contributed by atoms with Gasteiger partial charge in [-0.15, -0.1) is 0 Å². The zero-order valence-electron chi connectivity index (χ0n) is 23.9. The van der Waals surface area contributed by atoms with Crippen LogP contribution in [-0.2, 0) is 16.1 Å². The third-order valence-electron chi connectivity index (χ3n) is 7.54. The summed E-state index contributed by atoms with van der Waals surface area (Å²) in [6, 6.07) is 7.65. The molecule has 1 fully saturated rings. The quantitative estimate of drug-likeness (QED) is 0.184. The topological polar surface area (TPSA) is 101 Å². The van der Waals surface area contributed by atoms with Crippen LogP contribution in [0.4, 0.5) is 10.2 Å². The van der Waals surface area contributed by atoms with Crippen molar-refractivity contribution in [3.8, 4) is 5.75 Å². The maximum absolute atomic E-state index is 13.8. The number of benzene rings is 1. The van der Waals surface area contributed by atoms with Crippen molar-refractivity contribution in [2.24, 2.45) is 0 Å². The van der Waals surface area contributed by atoms with Gasteiger partial charge in [-0.2, -0.15) is 0 Å². The van der Waals surface area contributed by atoms with E-state index in [1.165, 1.54) is 16.4 Å². The molecule has 11 heteroatoms. The number of anilines is 1. The Balaban J connectivity index is 1.94. The second-order valence-electron chi connectivity index (χ2n) is 11.0. The number of nitrogens with zero attached hydrogens (tertiary/aromatic N) is 3. The first-order chi connectivity index (χ1) is 18.9. The molecule has 1 aliphatic heterocycles. The summed E-state index contributed by atoms with van der Waals surface area (Å²) in [6.07, 6.45) is 1.64. The normalized spacial score (nSPS) is 14.2. The van der Waals surface area contributed by atoms with E-state index in [2.05, 4.69) is 51.8 Å². The Morgan fingerprint density at radius 3 is 2.25 bits per heavy atom. The van der Waals surface area contributed by atoms with Gasteiger partial charge >= 0.3 is 5.91 Å². The van der Waals surface area contributed by atoms with Crippen molar-refractivity contribution in [1.82, 2.24) is 15.3 Å². The molecule has 0 bridgehead atoms. The zero-order valence-corrected chi connectivity index (χ0v) is 25.7. The van der Waals surface area contributed by atoms with Gasteiger partial charge in [0, 0.05) is 12.7 Å². The van der Waals surface area contributed by atoms with Crippen LogP contribution in [0, 0.1) is 12.7 Å². The highest BCUT2D eigenvalue weighted by molar-refractivity contribution is 8.03. The van der Waals surface area contributed by atoms with Gasteiger partial charge in [0.25, 0.3) is 14.2 Å². The molecule has 1 saturated heterocycles. The average Bonchev–Trinajstić information content (AvgIpc) is 3.23. The lowest BCUT2D eigenvalue weighted by Gasteiger charge is -2.42. The fourth-order valence-corrected chi connectivity index (χ4v) is 11.7. The van der Waals surface area contributed by atoms with E-state index in [0.717, 1.165) is 17.5 Å². The molecule has 3 heterocycles. The summed E-state index contributed by atoms with van der Waals surface area (Å²) in [5, 5.41) is 3.43. The first-order valence-electron chi connectivity index (χ1n) is 13.4. The van der Waals surface area contributed by atoms with Crippen molar-refractivity contribution in [2.45, 2.75) is 71.6 Å². The first-order valence-corrected chi connectivity index (χ1v) is 16.5. The van der Waals surface area contributed by atoms with Gasteiger partial charge in [-0.3, -0.25) is 19.4 Å². The van der Waals surface area contributed by atoms with E-state index in [4.69, 9.17) is 9.41 Å². The molecule has 0 atom stereocenters. The van der Waals surface area contributed by atoms with Crippen molar-refractivity contribution < 1.29 is 23.2 Å². The van der Waals surface area contributed by atoms with Crippen LogP contribution in [0.25, 0.3) is 10.9 Å². The van der Waals surface area contributed by atoms with Crippen LogP contribution in [0.2, 0.25) is 16.6 Å². The van der Waals surface area contributed by atoms with Crippen molar-refractivity contribution in [1.29, 1.82) is 0 Å². The number of halogens is 1. The number of rotatable bonds is 9. The van der Waals surface area contributed by atoms with Gasteiger partial charge in [-0.25, -0.2) is 13.7 Å². The second kappa shape index (κ2) is 11.7. The zero-order chi connectivity index (χ0) is 29.4. The second-order valence-corrected chi connectivity index (χ2v) is 17.3. The minimum atomic E-state index is -2.59. The SMILES string of the molecule is Cc1ccnc2c(O[Si](C(C)C)(C(C)C)C(C)C)c(C(=O)NCc3ccc(F)cc3)nc(N3SCC(=O)C3=O)c12. The average molecular weight is 583 g/mol. The van der Waals surface area contributed by atoms with E-state index in [0.29, 0.717) is 16.5 Å². The van der Waals surface area contributed by atoms with Gasteiger partial charge in [0.1, 0.15) is 11.3 Å². The van der Waals surface area contributed by atoms with Gasteiger partial charge < -0.3 is 9.74 Å². The molecule has 2 amide bonds. The van der Waals surface area contributed by atoms with Gasteiger partial charge in [-0.05, 0) is 64.8 Å². The number of carbonyl (C=O) groups is 3. The maximum Gasteiger partial charge on any atom is 0.306 e. The number of hydrogen-bond donors (Lipinski definition) is 1. The Morgan fingerprint density at radius 2 is 1.70 bits per heavy atom. The molecule has 4 rings (SSSR count). The molecule has 0 saturated carbocycles. The minimum Gasteiger partial charge on any atom is -0.540 e. The standard InChI is InChI=1S/C29H35FN4O4SSi/c1-16(2)40(17(3)4,18(5)6)38-26-24-23(19(7)12-13-31-24)27(34-29(37)22(35)15-39-34)33-25(26)28(36)32-14-20-8-10-21(30)11-9-20/h8-13,16-18H,14-15H2,1-7H3,(H,32,36). The Bertz CT molecular complexity index is 1440. The molecule has 40 heavy (non-hydrogen) atoms. The monoisotopic (exact) mass is 582 g/mol. The highest BCUT2D eigenvalue weighted by Gasteiger charge is 2.48. The van der Waals surface area contributed by atoms with E-state index in [9.17, 15) is 18.8 Å². The van der Waals surface area contributed by atoms with Crippen molar-refractivity contribution in [3.05, 3.63) is 59.2 Å². The molecule has 0 spiro atoms. The number of nitrogens with one attached hydrogen (secondary N) is 1. The Labute approximate surface area is 239 Å². The van der Waals surface area contributed by atoms with Crippen molar-refractivity contribution >= 4 is 54.6 Å². The summed E-state index contributed by atoms with van der Waals surface area (Å²) < 4.78 is 21.7. The van der Waals surface area contributed by atoms with Crippen LogP contribution < -0.4 is 14.0 Å². The first kappa shape index (κ1) is 29.7. The van der Waals surface area contributed by atoms with Crippen LogP contribution >= 0.6 is 11.9 Å². The van der Waals surface area contributed by atoms with Crippen LogP contribution in [0.3, 0.4) is 0 Å². The Morgan fingerprint density at radius 1 is 1.07 bits per heavy atom. The van der Waals surface area contributed by atoms with Gasteiger partial charge in [-0.1, -0.05) is 53.7 Å². The number of Topliss-reactive ketones (excluding diaryl/α,β-unsaturated/α-hetero) is 1. The highest BCUT2D eigenvalue weighted by atomic mass is 32.2. The van der Waals surface area contributed by atoms with Gasteiger partial charge in [0.15, 0.2) is 17.3 Å². The lowest BCUT2D eigenvalue weighted by atomic mass is 10.1. The molecule has 1 aliphatic rings. The van der Waals surface area contributed by atoms with E-state index in [1.807, 2.05) is 6.92 Å². The molecule has 8 nitrogen and oxygen atoms in total. The molecule has 0 radical (unpaired) electrons. The summed E-state index contributed by atoms with van der Waals surface area (Å²) in [6.45, 7) is 14.9. The van der Waals surface area contributed by atoms with E-state index < -0.39 is 25.9 Å². The van der Waals surface area contributed by atoms with E-state index in [1.54, 1.807) is 24.4 Å². The molecule has 0 aliphatic carbocycles. The number of pyridine rings is 2. The van der Waals surface area contributed by atoms with Crippen LogP contribution in [0.1, 0.15) is 63.2 Å². The molecule has 212 valence electrons. The molecule has 1 N–H and O–H groups in total. The fourth-order valence-electron chi connectivity index (χ4n) is 5.65. The van der Waals surface area contributed by atoms with E-state index in [-0.39, 0.29) is 52.0 Å². The Kier molecular flexibility index (Phi) is 8.65. The van der Waals surface area contributed by atoms with Gasteiger partial charge in [0.05, 0.1) is 11.1 Å². The number of aromatic nitrogens is 2. The lowest BCUT2D eigenvalue weighted by molar-refractivity contribution is -0.133. The summed E-state index contributed by atoms with van der Waals surface area (Å²) in [5.41, 5.74) is 2.52. The number of ketones is 1. The third-order valence-corrected chi connectivity index (χ3v) is 14.5. The minimum absolute atomic E-state index is 0.00423. The molecular weight excluding hydrogens is 547 g/mol. The molecular formula is C29H35FN4O4SSi. The number of fused-ring (bicyclic) bond motifs is 1. The number of aryl methyl sites for hydroxylation is 1. The largest absolute Gasteiger partial charge is 0.540 e. The molecule has 0 unspecified atom stereocenters. The molecule has 1 aromatic carbocycles. The van der Waals surface area contributed by atoms with Crippen LogP contribution in [0.5, 0.6) is 5.75 Å². The predicted octanol–water partition coefficient (Wildman–Crippen LogP) is 6.13. The predicted molar refractivity (Wildman–Crippen MR) is 158 cm³/mol. The number of carbonyl (C=O) groups excluding carboxylic acids is 3. The lowest BCUT2D eigenvalue weighted by Crippen LogP contribution is -2.51. The summed E-state index contributed by atoms with van der Waals surface area (Å²) in [7, 11) is -2.59. The fraction of sp³-hybridized carbons (Fsp3) is 0.414. The third kappa shape index (κ3) is 5.36. The van der Waals surface area contributed by atoms with Crippen LogP contribution in [-0.4, -0.2) is 41.6 Å².